The molecule has 0 rings (SSSR count). The summed E-state index contributed by atoms with van der Waals surface area (Å²) in [6.07, 6.45) is 0. The van der Waals surface area contributed by atoms with Gasteiger partial charge in [-0.25, -0.2) is 0 Å². The van der Waals surface area contributed by atoms with Crippen LogP contribution in [-0.4, -0.2) is 38.3 Å². The molecule has 1 radical (unpaired) electrons. The molecule has 0 heterocycles. The number of hydrogen-bond acceptors (Lipinski definition) is 7. The molecule has 10 heavy (non-hydrogen) atoms. The van der Waals surface area contributed by atoms with Crippen molar-refractivity contribution in [1.29, 1.82) is 0 Å². The third-order valence-corrected chi connectivity index (χ3v) is 0. The summed E-state index contributed by atoms with van der Waals surface area (Å²) in [6.45, 7) is 0. The van der Waals surface area contributed by atoms with Gasteiger partial charge >= 0.3 is 50.9 Å². The minimum Gasteiger partial charge on any atom is -0.870 e. The second kappa shape index (κ2) is 550. The Kier molecular flexibility index (Phi) is 40800. The van der Waals surface area contributed by atoms with E-state index in [0.29, 0.717) is 0 Å². The molecule has 0 unspecified atom stereocenters. The van der Waals surface area contributed by atoms with Gasteiger partial charge in [-0.15, -0.1) is 0 Å². The van der Waals surface area contributed by atoms with Crippen LogP contribution >= 0.6 is 0 Å². The zero-order valence-corrected chi connectivity index (χ0v) is 7.58. The van der Waals surface area contributed by atoms with E-state index in [1.807, 2.05) is 0 Å². The van der Waals surface area contributed by atoms with Gasteiger partial charge < -0.3 is 38.3 Å². The fourth-order valence-electron chi connectivity index (χ4n) is 0. The van der Waals surface area contributed by atoms with Crippen LogP contribution in [0.5, 0.6) is 0 Å². The van der Waals surface area contributed by atoms with E-state index >= 15 is 0 Å². The Hall–Kier alpha value is 1.27. The van der Waals surface area contributed by atoms with Crippen LogP contribution < -0.4 is 0 Å². The Morgan fingerprint density at radius 1 is 0.400 bits per heavy atom. The summed E-state index contributed by atoms with van der Waals surface area (Å²) in [6, 6.07) is 0. The smallest absolute Gasteiger partial charge is 0.870 e. The summed E-state index contributed by atoms with van der Waals surface area (Å²) >= 11 is 0. The molecule has 0 aromatic carbocycles. The van der Waals surface area contributed by atoms with E-state index in [-0.39, 0.29) is 89.3 Å². The quantitative estimate of drug-likeness (QED) is 0.493. The van der Waals surface area contributed by atoms with Gasteiger partial charge in [-0.3, -0.25) is 0 Å². The molecule has 7 N–H and O–H groups in total. The minimum atomic E-state index is 0. The van der Waals surface area contributed by atoms with Crippen molar-refractivity contribution in [3.63, 3.8) is 0 Å². The van der Waals surface area contributed by atoms with Gasteiger partial charge in [0, 0.05) is 0 Å². The normalized spacial score (nSPS) is 0. The zero-order chi connectivity index (χ0) is 0. The molecule has 0 aliphatic heterocycles. The SMILES string of the molecule is [Cr+3].[Fe+2].[Ni+2].[OH-].[OH-].[OH-].[OH-].[OH-].[OH-].[OH-]. The van der Waals surface area contributed by atoms with Crippen LogP contribution in [-0.2, 0) is 50.9 Å². The van der Waals surface area contributed by atoms with Gasteiger partial charge in [0.2, 0.25) is 0 Å². The Morgan fingerprint density at radius 3 is 0.400 bits per heavy atom. The van der Waals surface area contributed by atoms with Crippen LogP contribution in [0.3, 0.4) is 0 Å². The Morgan fingerprint density at radius 2 is 0.400 bits per heavy atom. The van der Waals surface area contributed by atoms with Crippen molar-refractivity contribution in [3.8, 4) is 0 Å². The van der Waals surface area contributed by atoms with E-state index in [0.717, 1.165) is 0 Å². The first-order valence-corrected chi connectivity index (χ1v) is 0. The molecular weight excluding hydrogens is 279 g/mol. The van der Waals surface area contributed by atoms with E-state index in [1.54, 1.807) is 0 Å². The summed E-state index contributed by atoms with van der Waals surface area (Å²) in [7, 11) is 0. The first-order chi connectivity index (χ1) is 0. The molecule has 73 valence electrons. The van der Waals surface area contributed by atoms with Gasteiger partial charge in [-0.05, 0) is 0 Å². The van der Waals surface area contributed by atoms with Crippen LogP contribution in [0, 0.1) is 0 Å². The summed E-state index contributed by atoms with van der Waals surface area (Å²) < 4.78 is 0. The van der Waals surface area contributed by atoms with E-state index in [9.17, 15) is 0 Å². The molecule has 0 aliphatic carbocycles. The molecule has 0 bridgehead atoms. The standard InChI is InChI=1S/Cr.Fe.Ni.7H2O/h;;;7*1H2/q+3;2*+2;;;;;;;/p-7. The third kappa shape index (κ3) is 395. The Balaban J connectivity index is 0. The molecule has 0 fully saturated rings. The van der Waals surface area contributed by atoms with Crippen LogP contribution in [0.25, 0.3) is 0 Å². The summed E-state index contributed by atoms with van der Waals surface area (Å²) in [5.74, 6) is 0. The minimum absolute atomic E-state index is 0. The van der Waals surface area contributed by atoms with E-state index in [4.69, 9.17) is 0 Å². The van der Waals surface area contributed by atoms with Crippen molar-refractivity contribution in [2.24, 2.45) is 0 Å². The third-order valence-electron chi connectivity index (χ3n) is 0. The molecule has 0 saturated carbocycles. The predicted molar refractivity (Wildman–Crippen MR) is 13.6 cm³/mol. The second-order valence-electron chi connectivity index (χ2n) is 0. The summed E-state index contributed by atoms with van der Waals surface area (Å²) in [5, 5.41) is 0. The maximum atomic E-state index is 0. The van der Waals surface area contributed by atoms with E-state index < -0.39 is 0 Å². The Labute approximate surface area is 89.2 Å². The van der Waals surface area contributed by atoms with E-state index in [2.05, 4.69) is 0 Å². The molecule has 0 aromatic rings. The maximum Gasteiger partial charge on any atom is 3.00 e. The number of hydrogen-bond donors (Lipinski definition) is 0. The molecule has 0 spiro atoms. The molecular formula is H7CrFeNiO7. The van der Waals surface area contributed by atoms with Gasteiger partial charge in [-0.1, -0.05) is 0 Å². The van der Waals surface area contributed by atoms with Crippen LogP contribution in [0.2, 0.25) is 0 Å². The van der Waals surface area contributed by atoms with Crippen molar-refractivity contribution in [3.05, 3.63) is 0 Å². The largest absolute Gasteiger partial charge is 3.00 e. The Bertz CT molecular complexity index is 13.6. The van der Waals surface area contributed by atoms with Crippen molar-refractivity contribution < 1.29 is 89.3 Å². The second-order valence-corrected chi connectivity index (χ2v) is 0. The fraction of sp³-hybridized carbons (Fsp3) is 0. The van der Waals surface area contributed by atoms with Crippen molar-refractivity contribution in [2.75, 3.05) is 0 Å². The summed E-state index contributed by atoms with van der Waals surface area (Å²) in [4.78, 5) is 0. The average Bonchev–Trinajstić information content (AvgIpc) is 0. The zero-order valence-electron chi connectivity index (χ0n) is 4.21. The van der Waals surface area contributed by atoms with Crippen molar-refractivity contribution >= 4 is 0 Å². The monoisotopic (exact) mass is 285 g/mol. The summed E-state index contributed by atoms with van der Waals surface area (Å²) in [5.41, 5.74) is 0. The van der Waals surface area contributed by atoms with Gasteiger partial charge in [0.15, 0.2) is 0 Å². The van der Waals surface area contributed by atoms with Gasteiger partial charge in [0.1, 0.15) is 0 Å². The first kappa shape index (κ1) is 741. The van der Waals surface area contributed by atoms with Crippen LogP contribution in [0.1, 0.15) is 0 Å². The van der Waals surface area contributed by atoms with Gasteiger partial charge in [-0.2, -0.15) is 0 Å². The van der Waals surface area contributed by atoms with Gasteiger partial charge in [0.25, 0.3) is 0 Å². The molecule has 0 saturated heterocycles. The average molecular weight is 286 g/mol. The molecule has 0 aromatic heterocycles. The molecule has 0 amide bonds. The van der Waals surface area contributed by atoms with E-state index in [1.165, 1.54) is 0 Å². The molecule has 0 atom stereocenters. The number of rotatable bonds is 0. The van der Waals surface area contributed by atoms with Gasteiger partial charge in [0.05, 0.1) is 0 Å². The molecule has 7 nitrogen and oxygen atoms in total. The molecule has 0 aliphatic rings. The predicted octanol–water partition coefficient (Wildman–Crippen LogP) is -1.25. The van der Waals surface area contributed by atoms with Crippen molar-refractivity contribution in [1.82, 2.24) is 0 Å². The fourth-order valence-corrected chi connectivity index (χ4v) is 0. The maximum absolute atomic E-state index is 0. The topological polar surface area (TPSA) is 210 Å². The first-order valence-electron chi connectivity index (χ1n) is 0. The molecule has 10 heteroatoms. The van der Waals surface area contributed by atoms with Crippen LogP contribution in [0.4, 0.5) is 0 Å². The van der Waals surface area contributed by atoms with Crippen molar-refractivity contribution in [2.45, 2.75) is 0 Å². The van der Waals surface area contributed by atoms with Crippen LogP contribution in [0.15, 0.2) is 0 Å².